The summed E-state index contributed by atoms with van der Waals surface area (Å²) in [6.45, 7) is 8.61. The van der Waals surface area contributed by atoms with Crippen LogP contribution in [0, 0.1) is 0 Å². The molecule has 78 valence electrons. The zero-order chi connectivity index (χ0) is 10.3. The van der Waals surface area contributed by atoms with E-state index in [4.69, 9.17) is 4.74 Å². The number of allylic oxidation sites excluding steroid dienone is 1. The van der Waals surface area contributed by atoms with Gasteiger partial charge in [0, 0.05) is 6.61 Å². The standard InChI is InChI=1S/C11H22O2/c1-5-8-9-10(12)11(4,6-2)13-7-3/h8-10,12H,5-7H2,1-4H3. The van der Waals surface area contributed by atoms with Gasteiger partial charge in [-0.25, -0.2) is 0 Å². The first-order valence-corrected chi connectivity index (χ1v) is 5.09. The smallest absolute Gasteiger partial charge is 0.101 e. The Morgan fingerprint density at radius 1 is 1.38 bits per heavy atom. The Morgan fingerprint density at radius 2 is 2.00 bits per heavy atom. The summed E-state index contributed by atoms with van der Waals surface area (Å²) in [5, 5.41) is 9.82. The Morgan fingerprint density at radius 3 is 2.38 bits per heavy atom. The van der Waals surface area contributed by atoms with Crippen LogP contribution in [0.3, 0.4) is 0 Å². The molecule has 0 aliphatic heterocycles. The average Bonchev–Trinajstić information content (AvgIpc) is 2.14. The highest BCUT2D eigenvalue weighted by Crippen LogP contribution is 2.21. The molecule has 0 saturated heterocycles. The molecule has 2 nitrogen and oxygen atoms in total. The van der Waals surface area contributed by atoms with E-state index in [1.54, 1.807) is 0 Å². The molecule has 0 aromatic carbocycles. The van der Waals surface area contributed by atoms with Crippen molar-refractivity contribution in [2.75, 3.05) is 6.61 Å². The molecule has 1 N–H and O–H groups in total. The second-order valence-corrected chi connectivity index (χ2v) is 3.38. The molecule has 0 amide bonds. The predicted octanol–water partition coefficient (Wildman–Crippen LogP) is 2.52. The van der Waals surface area contributed by atoms with Crippen LogP contribution in [0.1, 0.15) is 40.5 Å². The third-order valence-electron chi connectivity index (χ3n) is 2.36. The maximum Gasteiger partial charge on any atom is 0.101 e. The van der Waals surface area contributed by atoms with Crippen molar-refractivity contribution in [3.05, 3.63) is 12.2 Å². The van der Waals surface area contributed by atoms with Crippen LogP contribution < -0.4 is 0 Å². The van der Waals surface area contributed by atoms with Crippen molar-refractivity contribution < 1.29 is 9.84 Å². The average molecular weight is 186 g/mol. The fourth-order valence-electron chi connectivity index (χ4n) is 1.19. The van der Waals surface area contributed by atoms with Gasteiger partial charge in [-0.05, 0) is 26.7 Å². The van der Waals surface area contributed by atoms with Crippen molar-refractivity contribution in [3.63, 3.8) is 0 Å². The summed E-state index contributed by atoms with van der Waals surface area (Å²) in [4.78, 5) is 0. The normalized spacial score (nSPS) is 18.8. The second kappa shape index (κ2) is 6.17. The van der Waals surface area contributed by atoms with Crippen molar-refractivity contribution in [2.45, 2.75) is 52.2 Å². The van der Waals surface area contributed by atoms with Crippen molar-refractivity contribution in [1.29, 1.82) is 0 Å². The van der Waals surface area contributed by atoms with Crippen LogP contribution in [-0.4, -0.2) is 23.4 Å². The molecule has 2 unspecified atom stereocenters. The monoisotopic (exact) mass is 186 g/mol. The number of ether oxygens (including phenoxy) is 1. The van der Waals surface area contributed by atoms with Crippen LogP contribution in [0.4, 0.5) is 0 Å². The van der Waals surface area contributed by atoms with Gasteiger partial charge in [-0.1, -0.05) is 26.0 Å². The maximum atomic E-state index is 9.82. The number of rotatable bonds is 6. The minimum atomic E-state index is -0.502. The van der Waals surface area contributed by atoms with E-state index < -0.39 is 11.7 Å². The molecule has 0 heterocycles. The van der Waals surface area contributed by atoms with Gasteiger partial charge in [0.25, 0.3) is 0 Å². The molecule has 0 aliphatic carbocycles. The van der Waals surface area contributed by atoms with Crippen LogP contribution in [0.25, 0.3) is 0 Å². The summed E-state index contributed by atoms with van der Waals surface area (Å²) in [6.07, 6.45) is 5.05. The molecular weight excluding hydrogens is 164 g/mol. The van der Waals surface area contributed by atoms with E-state index in [0.717, 1.165) is 12.8 Å². The summed E-state index contributed by atoms with van der Waals surface area (Å²) < 4.78 is 5.54. The number of aliphatic hydroxyl groups is 1. The van der Waals surface area contributed by atoms with Crippen LogP contribution in [-0.2, 0) is 4.74 Å². The molecule has 2 atom stereocenters. The molecule has 0 bridgehead atoms. The lowest BCUT2D eigenvalue weighted by molar-refractivity contribution is -0.0926. The van der Waals surface area contributed by atoms with Gasteiger partial charge in [0.15, 0.2) is 0 Å². The molecule has 0 spiro atoms. The minimum Gasteiger partial charge on any atom is -0.386 e. The summed E-state index contributed by atoms with van der Waals surface area (Å²) in [7, 11) is 0. The predicted molar refractivity (Wildman–Crippen MR) is 55.8 cm³/mol. The zero-order valence-corrected chi connectivity index (χ0v) is 9.21. The number of hydrogen-bond acceptors (Lipinski definition) is 2. The van der Waals surface area contributed by atoms with E-state index >= 15 is 0 Å². The SMILES string of the molecule is CCC=CC(O)C(C)(CC)OCC. The first-order valence-electron chi connectivity index (χ1n) is 5.09. The third-order valence-corrected chi connectivity index (χ3v) is 2.36. The summed E-state index contributed by atoms with van der Waals surface area (Å²) in [5.74, 6) is 0. The first kappa shape index (κ1) is 12.7. The van der Waals surface area contributed by atoms with Gasteiger partial charge in [0.2, 0.25) is 0 Å². The highest BCUT2D eigenvalue weighted by molar-refractivity contribution is 4.98. The quantitative estimate of drug-likeness (QED) is 0.646. The summed E-state index contributed by atoms with van der Waals surface area (Å²) in [6, 6.07) is 0. The molecule has 0 rings (SSSR count). The van der Waals surface area contributed by atoms with Gasteiger partial charge < -0.3 is 9.84 Å². The largest absolute Gasteiger partial charge is 0.386 e. The van der Waals surface area contributed by atoms with Gasteiger partial charge in [0.05, 0.1) is 5.60 Å². The summed E-state index contributed by atoms with van der Waals surface area (Å²) >= 11 is 0. The van der Waals surface area contributed by atoms with E-state index in [1.165, 1.54) is 0 Å². The zero-order valence-electron chi connectivity index (χ0n) is 9.21. The minimum absolute atomic E-state index is 0.430. The van der Waals surface area contributed by atoms with Crippen LogP contribution in [0.5, 0.6) is 0 Å². The maximum absolute atomic E-state index is 9.82. The fraction of sp³-hybridized carbons (Fsp3) is 0.818. The molecule has 13 heavy (non-hydrogen) atoms. The molecule has 0 aliphatic rings. The Labute approximate surface area is 81.6 Å². The molecule has 0 fully saturated rings. The highest BCUT2D eigenvalue weighted by atomic mass is 16.5. The third kappa shape index (κ3) is 3.92. The number of aliphatic hydroxyl groups excluding tert-OH is 1. The van der Waals surface area contributed by atoms with Gasteiger partial charge in [-0.2, -0.15) is 0 Å². The van der Waals surface area contributed by atoms with Gasteiger partial charge in [-0.15, -0.1) is 0 Å². The fourth-order valence-corrected chi connectivity index (χ4v) is 1.19. The molecule has 0 aromatic rings. The molecular formula is C11H22O2. The van der Waals surface area contributed by atoms with Crippen LogP contribution in [0.15, 0.2) is 12.2 Å². The van der Waals surface area contributed by atoms with E-state index in [0.29, 0.717) is 6.61 Å². The summed E-state index contributed by atoms with van der Waals surface area (Å²) in [5.41, 5.74) is -0.430. The lowest BCUT2D eigenvalue weighted by Gasteiger charge is -2.31. The van der Waals surface area contributed by atoms with E-state index in [-0.39, 0.29) is 0 Å². The van der Waals surface area contributed by atoms with Gasteiger partial charge in [-0.3, -0.25) is 0 Å². The Bertz CT molecular complexity index is 154. The lowest BCUT2D eigenvalue weighted by Crippen LogP contribution is -2.40. The topological polar surface area (TPSA) is 29.5 Å². The number of hydrogen-bond donors (Lipinski definition) is 1. The van der Waals surface area contributed by atoms with E-state index in [9.17, 15) is 5.11 Å². The van der Waals surface area contributed by atoms with Crippen LogP contribution >= 0.6 is 0 Å². The van der Waals surface area contributed by atoms with Gasteiger partial charge in [0.1, 0.15) is 6.10 Å². The molecule has 2 heteroatoms. The van der Waals surface area contributed by atoms with Crippen molar-refractivity contribution in [1.82, 2.24) is 0 Å². The van der Waals surface area contributed by atoms with E-state index in [2.05, 4.69) is 0 Å². The van der Waals surface area contributed by atoms with Crippen LogP contribution in [0.2, 0.25) is 0 Å². The molecule has 0 radical (unpaired) electrons. The second-order valence-electron chi connectivity index (χ2n) is 3.38. The van der Waals surface area contributed by atoms with Crippen molar-refractivity contribution in [2.24, 2.45) is 0 Å². The van der Waals surface area contributed by atoms with E-state index in [1.807, 2.05) is 39.8 Å². The Balaban J connectivity index is 4.27. The van der Waals surface area contributed by atoms with Gasteiger partial charge >= 0.3 is 0 Å². The Hall–Kier alpha value is -0.340. The van der Waals surface area contributed by atoms with Crippen molar-refractivity contribution >= 4 is 0 Å². The highest BCUT2D eigenvalue weighted by Gasteiger charge is 2.29. The van der Waals surface area contributed by atoms with Crippen molar-refractivity contribution in [3.8, 4) is 0 Å². The molecule has 0 saturated carbocycles. The molecule has 0 aromatic heterocycles. The first-order chi connectivity index (χ1) is 6.10. The lowest BCUT2D eigenvalue weighted by atomic mass is 9.95. The Kier molecular flexibility index (Phi) is 6.00.